The topological polar surface area (TPSA) is 117 Å². The van der Waals surface area contributed by atoms with Crippen molar-refractivity contribution in [1.29, 1.82) is 0 Å². The minimum absolute atomic E-state index is 0.0659. The largest absolute Gasteiger partial charge is 0.493 e. The Morgan fingerprint density at radius 2 is 1.71 bits per heavy atom. The monoisotopic (exact) mass is 410 g/mol. The normalized spacial score (nSPS) is 11.1. The Bertz CT molecular complexity index is 949. The first-order valence-corrected chi connectivity index (χ1v) is 9.84. The lowest BCUT2D eigenvalue weighted by Gasteiger charge is -2.16. The van der Waals surface area contributed by atoms with E-state index in [4.69, 9.17) is 14.2 Å². The summed E-state index contributed by atoms with van der Waals surface area (Å²) in [6.45, 7) is 3.73. The van der Waals surface area contributed by atoms with Crippen LogP contribution < -0.4 is 18.9 Å². The van der Waals surface area contributed by atoms with Crippen molar-refractivity contribution in [2.75, 3.05) is 20.8 Å². The van der Waals surface area contributed by atoms with Crippen molar-refractivity contribution in [2.24, 2.45) is 0 Å². The molecule has 28 heavy (non-hydrogen) atoms. The molecule has 0 aromatic heterocycles. The average molecular weight is 410 g/mol. The third-order valence-corrected chi connectivity index (χ3v) is 5.49. The number of nitrogens with zero attached hydrogens (tertiary/aromatic N) is 1. The van der Waals surface area contributed by atoms with Gasteiger partial charge in [0.2, 0.25) is 15.8 Å². The van der Waals surface area contributed by atoms with Gasteiger partial charge < -0.3 is 14.2 Å². The van der Waals surface area contributed by atoms with Crippen LogP contribution in [-0.4, -0.2) is 34.2 Å². The van der Waals surface area contributed by atoms with Crippen molar-refractivity contribution < 1.29 is 27.6 Å². The smallest absolute Gasteiger partial charge is 0.270 e. The third kappa shape index (κ3) is 4.70. The molecule has 0 bridgehead atoms. The second-order valence-corrected chi connectivity index (χ2v) is 7.53. The van der Waals surface area contributed by atoms with Gasteiger partial charge in [0.25, 0.3) is 5.69 Å². The number of hydrogen-bond acceptors (Lipinski definition) is 7. The summed E-state index contributed by atoms with van der Waals surface area (Å²) in [5, 5.41) is 10.9. The Morgan fingerprint density at radius 1 is 1.11 bits per heavy atom. The third-order valence-electron chi connectivity index (χ3n) is 3.95. The van der Waals surface area contributed by atoms with E-state index in [1.165, 1.54) is 26.4 Å². The van der Waals surface area contributed by atoms with Gasteiger partial charge in [0.15, 0.2) is 11.5 Å². The summed E-state index contributed by atoms with van der Waals surface area (Å²) in [6.07, 6.45) is 0. The van der Waals surface area contributed by atoms with Gasteiger partial charge in [0.1, 0.15) is 0 Å². The van der Waals surface area contributed by atoms with E-state index in [9.17, 15) is 18.5 Å². The van der Waals surface area contributed by atoms with Gasteiger partial charge in [0, 0.05) is 18.7 Å². The van der Waals surface area contributed by atoms with Gasteiger partial charge in [0.05, 0.1) is 30.6 Å². The Morgan fingerprint density at radius 3 is 2.21 bits per heavy atom. The number of methoxy groups -OCH3 is 2. The Balaban J connectivity index is 2.32. The maximum absolute atomic E-state index is 12.7. The number of sulfonamides is 1. The quantitative estimate of drug-likeness (QED) is 0.499. The molecule has 0 aliphatic rings. The van der Waals surface area contributed by atoms with Gasteiger partial charge in [-0.25, -0.2) is 13.1 Å². The number of ether oxygens (including phenoxy) is 3. The standard InChI is InChI=1S/C18H22N2O7S/c1-5-27-18-15(25-3)8-13(9-16(18)26-4)11-19-28(23,24)17-10-14(20(21)22)7-6-12(17)2/h6-10,19H,5,11H2,1-4H3. The molecule has 10 heteroatoms. The van der Waals surface area contributed by atoms with Gasteiger partial charge in [-0.3, -0.25) is 10.1 Å². The fraction of sp³-hybridized carbons (Fsp3) is 0.333. The van der Waals surface area contributed by atoms with Crippen molar-refractivity contribution in [3.05, 3.63) is 51.6 Å². The molecule has 0 fully saturated rings. The second kappa shape index (κ2) is 8.89. The number of non-ortho nitro benzene ring substituents is 1. The van der Waals surface area contributed by atoms with Crippen LogP contribution >= 0.6 is 0 Å². The predicted octanol–water partition coefficient (Wildman–Crippen LogP) is 2.80. The number of nitro groups is 1. The molecule has 0 spiro atoms. The van der Waals surface area contributed by atoms with Crippen LogP contribution in [0.15, 0.2) is 35.2 Å². The van der Waals surface area contributed by atoms with E-state index >= 15 is 0 Å². The SMILES string of the molecule is CCOc1c(OC)cc(CNS(=O)(=O)c2cc([N+](=O)[O-])ccc2C)cc1OC. The van der Waals surface area contributed by atoms with E-state index in [1.807, 2.05) is 6.92 Å². The number of rotatable bonds is 9. The van der Waals surface area contributed by atoms with Crippen molar-refractivity contribution >= 4 is 15.7 Å². The van der Waals surface area contributed by atoms with E-state index in [1.54, 1.807) is 19.1 Å². The van der Waals surface area contributed by atoms with Gasteiger partial charge in [-0.1, -0.05) is 6.07 Å². The predicted molar refractivity (Wildman–Crippen MR) is 103 cm³/mol. The van der Waals surface area contributed by atoms with Crippen LogP contribution in [0, 0.1) is 17.0 Å². The first-order chi connectivity index (χ1) is 13.2. The lowest BCUT2D eigenvalue weighted by Crippen LogP contribution is -2.24. The summed E-state index contributed by atoms with van der Waals surface area (Å²) in [5.41, 5.74) is 0.680. The molecule has 152 valence electrons. The molecule has 9 nitrogen and oxygen atoms in total. The highest BCUT2D eigenvalue weighted by Crippen LogP contribution is 2.38. The zero-order valence-electron chi connectivity index (χ0n) is 16.0. The van der Waals surface area contributed by atoms with Crippen LogP contribution in [0.2, 0.25) is 0 Å². The molecule has 0 radical (unpaired) electrons. The zero-order chi connectivity index (χ0) is 20.9. The van der Waals surface area contributed by atoms with Crippen molar-refractivity contribution in [3.8, 4) is 17.2 Å². The first-order valence-electron chi connectivity index (χ1n) is 8.35. The van der Waals surface area contributed by atoms with Crippen molar-refractivity contribution in [2.45, 2.75) is 25.3 Å². The van der Waals surface area contributed by atoms with Crippen molar-refractivity contribution in [3.63, 3.8) is 0 Å². The van der Waals surface area contributed by atoms with Crippen LogP contribution in [0.1, 0.15) is 18.1 Å². The fourth-order valence-corrected chi connectivity index (χ4v) is 3.85. The van der Waals surface area contributed by atoms with Crippen LogP contribution in [0.25, 0.3) is 0 Å². The molecule has 0 saturated heterocycles. The molecule has 0 amide bonds. The molecule has 0 saturated carbocycles. The number of benzene rings is 2. The van der Waals surface area contributed by atoms with Crippen LogP contribution in [0.4, 0.5) is 5.69 Å². The van der Waals surface area contributed by atoms with E-state index in [0.29, 0.717) is 35.0 Å². The number of aryl methyl sites for hydroxylation is 1. The summed E-state index contributed by atoms with van der Waals surface area (Å²) in [5.74, 6) is 1.23. The average Bonchev–Trinajstić information content (AvgIpc) is 2.67. The summed E-state index contributed by atoms with van der Waals surface area (Å²) in [4.78, 5) is 10.2. The van der Waals surface area contributed by atoms with Crippen LogP contribution in [0.5, 0.6) is 17.2 Å². The fourth-order valence-electron chi connectivity index (χ4n) is 2.57. The summed E-state index contributed by atoms with van der Waals surface area (Å²) < 4.78 is 43.9. The Labute approximate surface area is 163 Å². The highest BCUT2D eigenvalue weighted by molar-refractivity contribution is 7.89. The number of hydrogen-bond donors (Lipinski definition) is 1. The van der Waals surface area contributed by atoms with Gasteiger partial charge >= 0.3 is 0 Å². The summed E-state index contributed by atoms with van der Waals surface area (Å²) >= 11 is 0. The highest BCUT2D eigenvalue weighted by Gasteiger charge is 2.21. The molecule has 0 aliphatic heterocycles. The van der Waals surface area contributed by atoms with Gasteiger partial charge in [-0.2, -0.15) is 0 Å². The minimum Gasteiger partial charge on any atom is -0.493 e. The Hall–Kier alpha value is -2.85. The second-order valence-electron chi connectivity index (χ2n) is 5.79. The van der Waals surface area contributed by atoms with Crippen LogP contribution in [0.3, 0.4) is 0 Å². The number of nitrogens with one attached hydrogen (secondary N) is 1. The maximum Gasteiger partial charge on any atom is 0.270 e. The molecule has 0 heterocycles. The summed E-state index contributed by atoms with van der Waals surface area (Å²) in [7, 11) is -1.03. The van der Waals surface area contributed by atoms with Gasteiger partial charge in [-0.05, 0) is 37.1 Å². The molecule has 1 N–H and O–H groups in total. The summed E-state index contributed by atoms with van der Waals surface area (Å²) in [6, 6.07) is 6.97. The zero-order valence-corrected chi connectivity index (χ0v) is 16.8. The molecule has 0 aliphatic carbocycles. The van der Waals surface area contributed by atoms with E-state index < -0.39 is 14.9 Å². The van der Waals surface area contributed by atoms with Crippen LogP contribution in [-0.2, 0) is 16.6 Å². The molecule has 2 aromatic rings. The van der Waals surface area contributed by atoms with Gasteiger partial charge in [-0.15, -0.1) is 0 Å². The van der Waals surface area contributed by atoms with Crippen molar-refractivity contribution in [1.82, 2.24) is 4.72 Å². The first kappa shape index (κ1) is 21.5. The molecule has 0 unspecified atom stereocenters. The van der Waals surface area contributed by atoms with E-state index in [2.05, 4.69) is 4.72 Å². The lowest BCUT2D eigenvalue weighted by atomic mass is 10.2. The molecule has 2 rings (SSSR count). The molecule has 2 aromatic carbocycles. The lowest BCUT2D eigenvalue weighted by molar-refractivity contribution is -0.385. The molecular formula is C18H22N2O7S. The van der Waals surface area contributed by atoms with E-state index in [0.717, 1.165) is 6.07 Å². The van der Waals surface area contributed by atoms with E-state index in [-0.39, 0.29) is 17.1 Å². The highest BCUT2D eigenvalue weighted by atomic mass is 32.2. The minimum atomic E-state index is -3.97. The molecular weight excluding hydrogens is 388 g/mol. The Kier molecular flexibility index (Phi) is 6.81. The maximum atomic E-state index is 12.7. The number of nitro benzene ring substituents is 1. The molecule has 0 atom stereocenters.